The summed E-state index contributed by atoms with van der Waals surface area (Å²) < 4.78 is 25.4. The molecule has 0 amide bonds. The lowest BCUT2D eigenvalue weighted by Crippen LogP contribution is -2.34. The number of aromatic nitrogens is 2. The third-order valence-corrected chi connectivity index (χ3v) is 7.01. The van der Waals surface area contributed by atoms with Gasteiger partial charge in [0.05, 0.1) is 11.6 Å². The molecule has 1 aromatic carbocycles. The summed E-state index contributed by atoms with van der Waals surface area (Å²) in [4.78, 5) is 12.6. The van der Waals surface area contributed by atoms with Gasteiger partial charge >= 0.3 is 0 Å². The van der Waals surface area contributed by atoms with Gasteiger partial charge in [-0.25, -0.2) is 22.7 Å². The Morgan fingerprint density at radius 1 is 1.04 bits per heavy atom. The maximum atomic E-state index is 11.9. The number of sulfonamides is 1. The van der Waals surface area contributed by atoms with Crippen LogP contribution in [-0.2, 0) is 10.0 Å². The Labute approximate surface area is 163 Å². The van der Waals surface area contributed by atoms with Gasteiger partial charge in [0.2, 0.25) is 10.0 Å². The van der Waals surface area contributed by atoms with Crippen LogP contribution in [0.2, 0.25) is 0 Å². The number of aryl methyl sites for hydroxylation is 1. The van der Waals surface area contributed by atoms with E-state index >= 15 is 0 Å². The fourth-order valence-electron chi connectivity index (χ4n) is 3.52. The summed E-state index contributed by atoms with van der Waals surface area (Å²) in [6.07, 6.45) is 2.06. The molecule has 0 atom stereocenters. The monoisotopic (exact) mass is 402 g/mol. The standard InChI is InChI=1S/C19H22N4O2S2/c1-14-20-18(22-9-6-10-23(12-11-22)27(2,24)25)17-16(13-26-19(17)21-14)15-7-4-3-5-8-15/h3-5,7-8,13H,6,9-12H2,1-2H3. The van der Waals surface area contributed by atoms with Crippen LogP contribution in [0.4, 0.5) is 5.82 Å². The number of rotatable bonds is 3. The third kappa shape index (κ3) is 3.69. The Morgan fingerprint density at radius 2 is 1.81 bits per heavy atom. The maximum Gasteiger partial charge on any atom is 0.211 e. The molecule has 0 N–H and O–H groups in total. The lowest BCUT2D eigenvalue weighted by atomic mass is 10.1. The molecule has 6 nitrogen and oxygen atoms in total. The van der Waals surface area contributed by atoms with E-state index in [9.17, 15) is 8.42 Å². The normalized spacial score (nSPS) is 16.6. The van der Waals surface area contributed by atoms with Crippen LogP contribution in [0.25, 0.3) is 21.3 Å². The smallest absolute Gasteiger partial charge is 0.211 e. The quantitative estimate of drug-likeness (QED) is 0.673. The highest BCUT2D eigenvalue weighted by atomic mass is 32.2. The second-order valence-corrected chi connectivity index (χ2v) is 9.63. The predicted octanol–water partition coefficient (Wildman–Crippen LogP) is 3.14. The van der Waals surface area contributed by atoms with Gasteiger partial charge in [-0.05, 0) is 18.9 Å². The molecule has 3 heterocycles. The number of hydrogen-bond acceptors (Lipinski definition) is 6. The van der Waals surface area contributed by atoms with Crippen molar-refractivity contribution in [2.75, 3.05) is 37.3 Å². The van der Waals surface area contributed by atoms with Gasteiger partial charge < -0.3 is 4.90 Å². The number of nitrogens with zero attached hydrogens (tertiary/aromatic N) is 4. The molecule has 0 aliphatic carbocycles. The van der Waals surface area contributed by atoms with Gasteiger partial charge in [-0.2, -0.15) is 0 Å². The van der Waals surface area contributed by atoms with Crippen molar-refractivity contribution in [3.63, 3.8) is 0 Å². The molecule has 2 aromatic heterocycles. The van der Waals surface area contributed by atoms with Gasteiger partial charge in [0.15, 0.2) is 0 Å². The van der Waals surface area contributed by atoms with Crippen LogP contribution in [0.5, 0.6) is 0 Å². The van der Waals surface area contributed by atoms with Gasteiger partial charge in [-0.15, -0.1) is 11.3 Å². The summed E-state index contributed by atoms with van der Waals surface area (Å²) in [5, 5.41) is 3.20. The first kappa shape index (κ1) is 18.3. The summed E-state index contributed by atoms with van der Waals surface area (Å²) >= 11 is 1.63. The van der Waals surface area contributed by atoms with Crippen molar-refractivity contribution >= 4 is 37.4 Å². The molecule has 1 aliphatic rings. The molecule has 142 valence electrons. The highest BCUT2D eigenvalue weighted by molar-refractivity contribution is 7.88. The second-order valence-electron chi connectivity index (χ2n) is 6.79. The second kappa shape index (κ2) is 7.18. The molecule has 0 unspecified atom stereocenters. The zero-order valence-electron chi connectivity index (χ0n) is 15.4. The van der Waals surface area contributed by atoms with Crippen molar-refractivity contribution in [2.24, 2.45) is 0 Å². The molecule has 27 heavy (non-hydrogen) atoms. The number of hydrogen-bond donors (Lipinski definition) is 0. The van der Waals surface area contributed by atoms with Crippen LogP contribution in [0.3, 0.4) is 0 Å². The number of thiophene rings is 1. The van der Waals surface area contributed by atoms with Crippen LogP contribution >= 0.6 is 11.3 Å². The summed E-state index contributed by atoms with van der Waals surface area (Å²) in [6, 6.07) is 10.3. The highest BCUT2D eigenvalue weighted by Gasteiger charge is 2.24. The first-order valence-electron chi connectivity index (χ1n) is 8.95. The largest absolute Gasteiger partial charge is 0.355 e. The van der Waals surface area contributed by atoms with Crippen molar-refractivity contribution in [2.45, 2.75) is 13.3 Å². The van der Waals surface area contributed by atoms with Gasteiger partial charge in [-0.1, -0.05) is 30.3 Å². The number of anilines is 1. The molecule has 8 heteroatoms. The Morgan fingerprint density at radius 3 is 2.56 bits per heavy atom. The van der Waals surface area contributed by atoms with E-state index < -0.39 is 10.0 Å². The van der Waals surface area contributed by atoms with Gasteiger partial charge in [0.1, 0.15) is 16.5 Å². The zero-order chi connectivity index (χ0) is 19.0. The summed E-state index contributed by atoms with van der Waals surface area (Å²) in [5.74, 6) is 1.65. The highest BCUT2D eigenvalue weighted by Crippen LogP contribution is 2.38. The minimum Gasteiger partial charge on any atom is -0.355 e. The van der Waals surface area contributed by atoms with Crippen LogP contribution in [0, 0.1) is 6.92 Å². The van der Waals surface area contributed by atoms with E-state index in [4.69, 9.17) is 4.98 Å². The molecule has 0 saturated carbocycles. The Bertz CT molecular complexity index is 1060. The van der Waals surface area contributed by atoms with Crippen molar-refractivity contribution in [1.82, 2.24) is 14.3 Å². The predicted molar refractivity (Wildman–Crippen MR) is 111 cm³/mol. The average molecular weight is 403 g/mol. The van der Waals surface area contributed by atoms with Crippen LogP contribution < -0.4 is 4.90 Å². The number of fused-ring (bicyclic) bond motifs is 1. The van der Waals surface area contributed by atoms with E-state index in [1.165, 1.54) is 6.26 Å². The van der Waals surface area contributed by atoms with Crippen molar-refractivity contribution in [3.8, 4) is 11.1 Å². The molecule has 0 radical (unpaired) electrons. The van der Waals surface area contributed by atoms with Crippen LogP contribution in [-0.4, -0.2) is 55.1 Å². The van der Waals surface area contributed by atoms with E-state index in [0.717, 1.165) is 46.0 Å². The SMILES string of the molecule is Cc1nc(N2CCCN(S(C)(=O)=O)CC2)c2c(-c3ccccc3)csc2n1. The molecular weight excluding hydrogens is 380 g/mol. The van der Waals surface area contributed by atoms with E-state index in [1.807, 2.05) is 25.1 Å². The third-order valence-electron chi connectivity index (χ3n) is 4.83. The molecular formula is C19H22N4O2S2. The van der Waals surface area contributed by atoms with E-state index in [1.54, 1.807) is 15.6 Å². The van der Waals surface area contributed by atoms with Gasteiger partial charge in [-0.3, -0.25) is 0 Å². The van der Waals surface area contributed by atoms with Crippen molar-refractivity contribution < 1.29 is 8.42 Å². The molecule has 3 aromatic rings. The molecule has 0 bridgehead atoms. The fourth-order valence-corrected chi connectivity index (χ4v) is 5.38. The fraction of sp³-hybridized carbons (Fsp3) is 0.368. The molecule has 1 fully saturated rings. The van der Waals surface area contributed by atoms with Crippen LogP contribution in [0.15, 0.2) is 35.7 Å². The van der Waals surface area contributed by atoms with Gasteiger partial charge in [0, 0.05) is 37.1 Å². The van der Waals surface area contributed by atoms with E-state index in [0.29, 0.717) is 19.6 Å². The topological polar surface area (TPSA) is 66.4 Å². The summed E-state index contributed by atoms with van der Waals surface area (Å²) in [6.45, 7) is 4.35. The minimum atomic E-state index is -3.17. The lowest BCUT2D eigenvalue weighted by Gasteiger charge is -2.23. The van der Waals surface area contributed by atoms with Crippen LogP contribution in [0.1, 0.15) is 12.2 Å². The maximum absolute atomic E-state index is 11.9. The first-order valence-corrected chi connectivity index (χ1v) is 11.7. The lowest BCUT2D eigenvalue weighted by molar-refractivity contribution is 0.437. The number of benzene rings is 1. The molecule has 4 rings (SSSR count). The Hall–Kier alpha value is -2.03. The summed E-state index contributed by atoms with van der Waals surface area (Å²) in [5.41, 5.74) is 2.28. The first-order chi connectivity index (χ1) is 12.9. The zero-order valence-corrected chi connectivity index (χ0v) is 17.1. The Kier molecular flexibility index (Phi) is 4.88. The van der Waals surface area contributed by atoms with Crippen molar-refractivity contribution in [1.29, 1.82) is 0 Å². The molecule has 0 spiro atoms. The average Bonchev–Trinajstić information content (AvgIpc) is 2.88. The van der Waals surface area contributed by atoms with E-state index in [-0.39, 0.29) is 0 Å². The molecule has 1 aliphatic heterocycles. The van der Waals surface area contributed by atoms with Crippen molar-refractivity contribution in [3.05, 3.63) is 41.5 Å². The Balaban J connectivity index is 1.78. The van der Waals surface area contributed by atoms with E-state index in [2.05, 4.69) is 27.4 Å². The van der Waals surface area contributed by atoms with Gasteiger partial charge in [0.25, 0.3) is 0 Å². The summed E-state index contributed by atoms with van der Waals surface area (Å²) in [7, 11) is -3.17. The molecule has 1 saturated heterocycles. The minimum absolute atomic E-state index is 0.480.